The quantitative estimate of drug-likeness (QED) is 0.788. The van der Waals surface area contributed by atoms with Gasteiger partial charge in [0.05, 0.1) is 13.4 Å². The van der Waals surface area contributed by atoms with Crippen LogP contribution in [0.3, 0.4) is 0 Å². The van der Waals surface area contributed by atoms with Gasteiger partial charge in [-0.25, -0.2) is 8.42 Å². The number of benzene rings is 1. The van der Waals surface area contributed by atoms with Crippen LogP contribution in [0.15, 0.2) is 24.3 Å². The second kappa shape index (κ2) is 7.76. The van der Waals surface area contributed by atoms with Crippen LogP contribution in [-0.4, -0.2) is 76.2 Å². The fourth-order valence-corrected chi connectivity index (χ4v) is 3.31. The smallest absolute Gasteiger partial charge is 0.251 e. The Hall–Kier alpha value is -1.64. The third-order valence-electron chi connectivity index (χ3n) is 3.85. The number of amides is 1. The highest BCUT2D eigenvalue weighted by atomic mass is 32.2. The Kier molecular flexibility index (Phi) is 5.97. The molecule has 0 aliphatic carbocycles. The molecule has 1 aromatic rings. The largest absolute Gasteiger partial charge is 0.497 e. The summed E-state index contributed by atoms with van der Waals surface area (Å²) in [7, 11) is -1.54. The topological polar surface area (TPSA) is 79.0 Å². The van der Waals surface area contributed by atoms with Crippen LogP contribution in [0.1, 0.15) is 10.4 Å². The molecule has 8 heteroatoms. The summed E-state index contributed by atoms with van der Waals surface area (Å²) in [4.78, 5) is 14.2. The first-order valence-corrected chi connectivity index (χ1v) is 9.35. The number of sulfonamides is 1. The van der Waals surface area contributed by atoms with Crippen LogP contribution in [0.5, 0.6) is 5.75 Å². The zero-order valence-electron chi connectivity index (χ0n) is 13.5. The molecule has 0 atom stereocenters. The van der Waals surface area contributed by atoms with E-state index >= 15 is 0 Å². The van der Waals surface area contributed by atoms with Gasteiger partial charge in [-0.15, -0.1) is 0 Å². The van der Waals surface area contributed by atoms with E-state index < -0.39 is 10.0 Å². The molecule has 1 amide bonds. The molecule has 0 aromatic heterocycles. The average Bonchev–Trinajstić information content (AvgIpc) is 2.54. The van der Waals surface area contributed by atoms with Crippen molar-refractivity contribution in [2.24, 2.45) is 0 Å². The molecule has 2 rings (SSSR count). The Labute approximate surface area is 137 Å². The molecule has 7 nitrogen and oxygen atoms in total. The lowest BCUT2D eigenvalue weighted by Crippen LogP contribution is -2.49. The molecule has 1 heterocycles. The minimum Gasteiger partial charge on any atom is -0.497 e. The van der Waals surface area contributed by atoms with Crippen LogP contribution in [0.2, 0.25) is 0 Å². The number of methoxy groups -OCH3 is 1. The van der Waals surface area contributed by atoms with E-state index in [0.717, 1.165) is 0 Å². The molecule has 1 aliphatic heterocycles. The lowest BCUT2D eigenvalue weighted by Gasteiger charge is -2.33. The molecule has 1 fully saturated rings. The molecule has 0 unspecified atom stereocenters. The van der Waals surface area contributed by atoms with Crippen molar-refractivity contribution in [2.75, 3.05) is 52.6 Å². The summed E-state index contributed by atoms with van der Waals surface area (Å²) in [6, 6.07) is 7.00. The number of hydrogen-bond acceptors (Lipinski definition) is 5. The van der Waals surface area contributed by atoms with Crippen molar-refractivity contribution in [3.05, 3.63) is 29.8 Å². The van der Waals surface area contributed by atoms with Gasteiger partial charge in [0, 0.05) is 44.8 Å². The van der Waals surface area contributed by atoms with E-state index in [1.165, 1.54) is 10.6 Å². The number of ether oxygens (including phenoxy) is 1. The predicted molar refractivity (Wildman–Crippen MR) is 88.2 cm³/mol. The Morgan fingerprint density at radius 2 is 1.96 bits per heavy atom. The summed E-state index contributed by atoms with van der Waals surface area (Å²) < 4.78 is 29.5. The van der Waals surface area contributed by atoms with Gasteiger partial charge in [-0.1, -0.05) is 6.07 Å². The van der Waals surface area contributed by atoms with Gasteiger partial charge < -0.3 is 10.1 Å². The molecule has 0 bridgehead atoms. The molecular formula is C15H23N3O4S. The molecule has 23 heavy (non-hydrogen) atoms. The first-order chi connectivity index (χ1) is 10.9. The summed E-state index contributed by atoms with van der Waals surface area (Å²) in [6.45, 7) is 3.59. The number of hydrogen-bond donors (Lipinski definition) is 1. The summed E-state index contributed by atoms with van der Waals surface area (Å²) in [5, 5.41) is 2.87. The van der Waals surface area contributed by atoms with Crippen molar-refractivity contribution in [1.82, 2.24) is 14.5 Å². The predicted octanol–water partition coefficient (Wildman–Crippen LogP) is 0.00220. The van der Waals surface area contributed by atoms with Gasteiger partial charge in [0.1, 0.15) is 5.75 Å². The van der Waals surface area contributed by atoms with Crippen molar-refractivity contribution in [3.8, 4) is 5.75 Å². The zero-order chi connectivity index (χ0) is 16.9. The minimum absolute atomic E-state index is 0.140. The van der Waals surface area contributed by atoms with Gasteiger partial charge in [-0.2, -0.15) is 4.31 Å². The molecular weight excluding hydrogens is 318 g/mol. The van der Waals surface area contributed by atoms with E-state index in [1.54, 1.807) is 31.4 Å². The standard InChI is InChI=1S/C15H23N3O4S/c1-22-14-5-3-4-13(12-14)15(19)16-6-7-17-8-10-18(11-9-17)23(2,20)21/h3-5,12H,6-11H2,1-2H3,(H,16,19). The minimum atomic E-state index is -3.10. The monoisotopic (exact) mass is 341 g/mol. The van der Waals surface area contributed by atoms with Crippen LogP contribution in [-0.2, 0) is 10.0 Å². The Bertz CT molecular complexity index is 640. The van der Waals surface area contributed by atoms with Crippen LogP contribution < -0.4 is 10.1 Å². The number of carbonyl (C=O) groups is 1. The molecule has 1 saturated heterocycles. The highest BCUT2D eigenvalue weighted by Crippen LogP contribution is 2.12. The lowest BCUT2D eigenvalue weighted by molar-refractivity contribution is 0.0944. The summed E-state index contributed by atoms with van der Waals surface area (Å²) >= 11 is 0. The van der Waals surface area contributed by atoms with Crippen LogP contribution in [0.25, 0.3) is 0 Å². The lowest BCUT2D eigenvalue weighted by atomic mass is 10.2. The molecule has 0 spiro atoms. The van der Waals surface area contributed by atoms with Crippen molar-refractivity contribution in [3.63, 3.8) is 0 Å². The van der Waals surface area contributed by atoms with Gasteiger partial charge in [0.2, 0.25) is 10.0 Å². The third-order valence-corrected chi connectivity index (χ3v) is 5.15. The number of piperazine rings is 1. The Morgan fingerprint density at radius 3 is 2.57 bits per heavy atom. The summed E-state index contributed by atoms with van der Waals surface area (Å²) in [5.41, 5.74) is 0.561. The van der Waals surface area contributed by atoms with Gasteiger partial charge >= 0.3 is 0 Å². The number of nitrogens with one attached hydrogen (secondary N) is 1. The summed E-state index contributed by atoms with van der Waals surface area (Å²) in [6.07, 6.45) is 1.23. The van der Waals surface area contributed by atoms with Gasteiger partial charge in [-0.05, 0) is 18.2 Å². The number of nitrogens with zero attached hydrogens (tertiary/aromatic N) is 2. The van der Waals surface area contributed by atoms with Crippen LogP contribution in [0, 0.1) is 0 Å². The Balaban J connectivity index is 1.74. The maximum Gasteiger partial charge on any atom is 0.251 e. The molecule has 0 saturated carbocycles. The second-order valence-electron chi connectivity index (χ2n) is 5.49. The maximum atomic E-state index is 12.1. The van der Waals surface area contributed by atoms with Crippen molar-refractivity contribution in [2.45, 2.75) is 0 Å². The highest BCUT2D eigenvalue weighted by Gasteiger charge is 2.22. The fraction of sp³-hybridized carbons (Fsp3) is 0.533. The maximum absolute atomic E-state index is 12.1. The first kappa shape index (κ1) is 17.7. The average molecular weight is 341 g/mol. The van der Waals surface area contributed by atoms with E-state index in [4.69, 9.17) is 4.74 Å². The fourth-order valence-electron chi connectivity index (χ4n) is 2.48. The van der Waals surface area contributed by atoms with Gasteiger partial charge in [-0.3, -0.25) is 9.69 Å². The van der Waals surface area contributed by atoms with Gasteiger partial charge in [0.15, 0.2) is 0 Å². The SMILES string of the molecule is COc1cccc(C(=O)NCCN2CCN(S(C)(=O)=O)CC2)c1. The number of carbonyl (C=O) groups excluding carboxylic acids is 1. The first-order valence-electron chi connectivity index (χ1n) is 7.50. The molecule has 1 aromatic carbocycles. The Morgan fingerprint density at radius 1 is 1.26 bits per heavy atom. The van der Waals surface area contributed by atoms with E-state index in [0.29, 0.717) is 50.6 Å². The van der Waals surface area contributed by atoms with Crippen molar-refractivity contribution in [1.29, 1.82) is 0 Å². The molecule has 1 aliphatic rings. The van der Waals surface area contributed by atoms with E-state index in [2.05, 4.69) is 10.2 Å². The second-order valence-corrected chi connectivity index (χ2v) is 7.47. The number of rotatable bonds is 6. The molecule has 0 radical (unpaired) electrons. The normalized spacial score (nSPS) is 17.0. The van der Waals surface area contributed by atoms with E-state index in [9.17, 15) is 13.2 Å². The van der Waals surface area contributed by atoms with E-state index in [1.807, 2.05) is 0 Å². The van der Waals surface area contributed by atoms with Crippen LogP contribution >= 0.6 is 0 Å². The van der Waals surface area contributed by atoms with Crippen LogP contribution in [0.4, 0.5) is 0 Å². The molecule has 1 N–H and O–H groups in total. The van der Waals surface area contributed by atoms with Gasteiger partial charge in [0.25, 0.3) is 5.91 Å². The van der Waals surface area contributed by atoms with E-state index in [-0.39, 0.29) is 5.91 Å². The zero-order valence-corrected chi connectivity index (χ0v) is 14.3. The van der Waals surface area contributed by atoms with Crippen molar-refractivity contribution >= 4 is 15.9 Å². The van der Waals surface area contributed by atoms with Crippen molar-refractivity contribution < 1.29 is 17.9 Å². The molecule has 128 valence electrons. The summed E-state index contributed by atoms with van der Waals surface area (Å²) in [5.74, 6) is 0.508. The highest BCUT2D eigenvalue weighted by molar-refractivity contribution is 7.88. The third kappa shape index (κ3) is 5.19.